The van der Waals surface area contributed by atoms with Crippen molar-refractivity contribution in [3.05, 3.63) is 59.0 Å². The summed E-state index contributed by atoms with van der Waals surface area (Å²) in [5.41, 5.74) is 1.69. The molecular weight excluding hydrogens is 330 g/mol. The summed E-state index contributed by atoms with van der Waals surface area (Å²) in [4.78, 5) is 21.7. The van der Waals surface area contributed by atoms with Crippen molar-refractivity contribution in [1.82, 2.24) is 9.97 Å². The monoisotopic (exact) mass is 349 g/mol. The van der Waals surface area contributed by atoms with Gasteiger partial charge < -0.3 is 10.2 Å². The third kappa shape index (κ3) is 3.15. The van der Waals surface area contributed by atoms with Crippen molar-refractivity contribution in [2.45, 2.75) is 19.3 Å². The van der Waals surface area contributed by atoms with Crippen LogP contribution in [0.1, 0.15) is 19.3 Å². The Hall–Kier alpha value is -3.22. The first-order valence-electron chi connectivity index (χ1n) is 8.71. The fraction of sp³-hybridized carbons (Fsp3) is 0.263. The predicted molar refractivity (Wildman–Crippen MR) is 102 cm³/mol. The molecule has 4 rings (SSSR count). The highest BCUT2D eigenvalue weighted by Crippen LogP contribution is 2.32. The van der Waals surface area contributed by atoms with Gasteiger partial charge in [0.2, 0.25) is 0 Å². The molecule has 7 nitrogen and oxygen atoms in total. The van der Waals surface area contributed by atoms with E-state index in [9.17, 15) is 10.1 Å². The van der Waals surface area contributed by atoms with Crippen LogP contribution in [-0.4, -0.2) is 28.0 Å². The molecule has 0 atom stereocenters. The Labute approximate surface area is 150 Å². The topological polar surface area (TPSA) is 84.2 Å². The van der Waals surface area contributed by atoms with Gasteiger partial charge in [-0.05, 0) is 43.5 Å². The summed E-state index contributed by atoms with van der Waals surface area (Å²) in [6.45, 7) is 2.11. The maximum absolute atomic E-state index is 11.2. The van der Waals surface area contributed by atoms with Gasteiger partial charge in [0.1, 0.15) is 5.82 Å². The summed E-state index contributed by atoms with van der Waals surface area (Å²) in [6, 6.07) is 9.01. The maximum atomic E-state index is 11.2. The molecule has 2 aromatic heterocycles. The zero-order valence-electron chi connectivity index (χ0n) is 14.3. The van der Waals surface area contributed by atoms with Gasteiger partial charge in [-0.2, -0.15) is 0 Å². The number of non-ortho nitro benzene ring substituents is 1. The van der Waals surface area contributed by atoms with Gasteiger partial charge in [-0.3, -0.25) is 15.1 Å². The summed E-state index contributed by atoms with van der Waals surface area (Å²) in [6.07, 6.45) is 8.68. The van der Waals surface area contributed by atoms with Gasteiger partial charge in [0.15, 0.2) is 0 Å². The van der Waals surface area contributed by atoms with Crippen LogP contribution < -0.4 is 10.2 Å². The molecule has 1 aliphatic rings. The number of hydrogen-bond acceptors (Lipinski definition) is 6. The average Bonchev–Trinajstić information content (AvgIpc) is 2.69. The lowest BCUT2D eigenvalue weighted by Crippen LogP contribution is -2.29. The number of nitro groups is 1. The van der Waals surface area contributed by atoms with E-state index in [1.807, 2.05) is 12.1 Å². The maximum Gasteiger partial charge on any atom is 0.278 e. The number of nitro benzene ring substituents is 1. The van der Waals surface area contributed by atoms with E-state index >= 15 is 0 Å². The highest BCUT2D eigenvalue weighted by Gasteiger charge is 2.15. The van der Waals surface area contributed by atoms with Crippen LogP contribution in [0.2, 0.25) is 0 Å². The Kier molecular flexibility index (Phi) is 4.35. The zero-order valence-corrected chi connectivity index (χ0v) is 14.3. The third-order valence-corrected chi connectivity index (χ3v) is 4.70. The predicted octanol–water partition coefficient (Wildman–Crippen LogP) is 4.27. The van der Waals surface area contributed by atoms with Gasteiger partial charge in [0.25, 0.3) is 5.69 Å². The van der Waals surface area contributed by atoms with E-state index in [1.54, 1.807) is 24.5 Å². The van der Waals surface area contributed by atoms with Crippen LogP contribution in [0.4, 0.5) is 22.9 Å². The van der Waals surface area contributed by atoms with E-state index < -0.39 is 0 Å². The second kappa shape index (κ2) is 6.95. The second-order valence-electron chi connectivity index (χ2n) is 6.39. The number of hydrogen-bond donors (Lipinski definition) is 1. The molecule has 0 aliphatic carbocycles. The summed E-state index contributed by atoms with van der Waals surface area (Å²) in [7, 11) is 0. The lowest BCUT2D eigenvalue weighted by molar-refractivity contribution is -0.383. The Morgan fingerprint density at radius 3 is 2.58 bits per heavy atom. The largest absolute Gasteiger partial charge is 0.357 e. The van der Waals surface area contributed by atoms with Gasteiger partial charge in [-0.15, -0.1) is 0 Å². The molecule has 1 aromatic carbocycles. The van der Waals surface area contributed by atoms with Gasteiger partial charge >= 0.3 is 0 Å². The zero-order chi connectivity index (χ0) is 17.9. The fourth-order valence-electron chi connectivity index (χ4n) is 3.37. The van der Waals surface area contributed by atoms with E-state index in [0.717, 1.165) is 35.7 Å². The van der Waals surface area contributed by atoms with E-state index in [4.69, 9.17) is 0 Å². The minimum atomic E-state index is -0.386. The van der Waals surface area contributed by atoms with Gasteiger partial charge in [-0.25, -0.2) is 4.98 Å². The Bertz CT molecular complexity index is 936. The fourth-order valence-corrected chi connectivity index (χ4v) is 3.37. The summed E-state index contributed by atoms with van der Waals surface area (Å²) in [5, 5.41) is 15.8. The van der Waals surface area contributed by atoms with Gasteiger partial charge in [0.05, 0.1) is 22.2 Å². The molecule has 26 heavy (non-hydrogen) atoms. The number of rotatable bonds is 4. The van der Waals surface area contributed by atoms with Crippen molar-refractivity contribution in [2.24, 2.45) is 0 Å². The number of piperidine rings is 1. The minimum absolute atomic E-state index is 0.0530. The molecule has 1 saturated heterocycles. The van der Waals surface area contributed by atoms with E-state index in [1.165, 1.54) is 31.5 Å². The highest BCUT2D eigenvalue weighted by atomic mass is 16.6. The Morgan fingerprint density at radius 2 is 1.85 bits per heavy atom. The molecule has 1 N–H and O–H groups in total. The SMILES string of the molecule is O=[N+]([O-])c1ccc(Nc2ccc(N3CCCCC3)nc2)c2ccncc12. The van der Waals surface area contributed by atoms with Crippen LogP contribution in [0, 0.1) is 10.1 Å². The molecule has 1 aliphatic heterocycles. The molecule has 3 aromatic rings. The first-order chi connectivity index (χ1) is 12.7. The highest BCUT2D eigenvalue weighted by molar-refractivity contribution is 6.00. The molecular formula is C19H19N5O2. The lowest BCUT2D eigenvalue weighted by atomic mass is 10.1. The van der Waals surface area contributed by atoms with E-state index in [-0.39, 0.29) is 10.6 Å². The summed E-state index contributed by atoms with van der Waals surface area (Å²) < 4.78 is 0. The molecule has 0 saturated carbocycles. The van der Waals surface area contributed by atoms with Gasteiger partial charge in [0, 0.05) is 42.6 Å². The molecule has 0 radical (unpaired) electrons. The normalized spacial score (nSPS) is 14.4. The number of aromatic nitrogens is 2. The van der Waals surface area contributed by atoms with E-state index in [2.05, 4.69) is 20.2 Å². The quantitative estimate of drug-likeness (QED) is 0.559. The molecule has 1 fully saturated rings. The Balaban J connectivity index is 1.61. The molecule has 132 valence electrons. The van der Waals surface area contributed by atoms with Crippen molar-refractivity contribution in [3.8, 4) is 0 Å². The second-order valence-corrected chi connectivity index (χ2v) is 6.39. The van der Waals surface area contributed by atoms with Crippen LogP contribution >= 0.6 is 0 Å². The van der Waals surface area contributed by atoms with Crippen LogP contribution in [0.15, 0.2) is 48.9 Å². The van der Waals surface area contributed by atoms with Crippen LogP contribution in [0.25, 0.3) is 10.8 Å². The van der Waals surface area contributed by atoms with Crippen molar-refractivity contribution < 1.29 is 4.92 Å². The van der Waals surface area contributed by atoms with Crippen LogP contribution in [0.5, 0.6) is 0 Å². The minimum Gasteiger partial charge on any atom is -0.357 e. The molecule has 0 unspecified atom stereocenters. The van der Waals surface area contributed by atoms with E-state index in [0.29, 0.717) is 5.39 Å². The summed E-state index contributed by atoms with van der Waals surface area (Å²) in [5.74, 6) is 0.994. The first-order valence-corrected chi connectivity index (χ1v) is 8.71. The molecule has 3 heterocycles. The first kappa shape index (κ1) is 16.3. The molecule has 0 bridgehead atoms. The van der Waals surface area contributed by atoms with Crippen LogP contribution in [0.3, 0.4) is 0 Å². The smallest absolute Gasteiger partial charge is 0.278 e. The van der Waals surface area contributed by atoms with Crippen LogP contribution in [-0.2, 0) is 0 Å². The molecule has 7 heteroatoms. The standard InChI is InChI=1S/C19H19N5O2/c25-24(26)18-6-5-17(15-8-9-20-13-16(15)18)22-14-4-7-19(21-12-14)23-10-2-1-3-11-23/h4-9,12-13,22H,1-3,10-11H2. The number of fused-ring (bicyclic) bond motifs is 1. The molecule has 0 spiro atoms. The number of nitrogens with one attached hydrogen (secondary N) is 1. The van der Waals surface area contributed by atoms with Crippen molar-refractivity contribution in [3.63, 3.8) is 0 Å². The van der Waals surface area contributed by atoms with Crippen molar-refractivity contribution in [2.75, 3.05) is 23.3 Å². The number of pyridine rings is 2. The number of nitrogens with zero attached hydrogens (tertiary/aromatic N) is 4. The molecule has 0 amide bonds. The average molecular weight is 349 g/mol. The van der Waals surface area contributed by atoms with Crippen molar-refractivity contribution >= 4 is 33.7 Å². The summed E-state index contributed by atoms with van der Waals surface area (Å²) >= 11 is 0. The van der Waals surface area contributed by atoms with Gasteiger partial charge in [-0.1, -0.05) is 0 Å². The number of anilines is 3. The number of benzene rings is 1. The lowest BCUT2D eigenvalue weighted by Gasteiger charge is -2.27. The Morgan fingerprint density at radius 1 is 1.00 bits per heavy atom. The van der Waals surface area contributed by atoms with Crippen molar-refractivity contribution in [1.29, 1.82) is 0 Å². The third-order valence-electron chi connectivity index (χ3n) is 4.70.